The molecule has 0 spiro atoms. The van der Waals surface area contributed by atoms with Gasteiger partial charge in [-0.2, -0.15) is 0 Å². The molecule has 2 rings (SSSR count). The molecule has 1 aliphatic rings. The molecule has 0 aliphatic carbocycles. The van der Waals surface area contributed by atoms with E-state index in [1.54, 1.807) is 18.7 Å². The Morgan fingerprint density at radius 1 is 1.29 bits per heavy atom. The first-order valence-corrected chi connectivity index (χ1v) is 7.95. The molecule has 1 fully saturated rings. The fourth-order valence-electron chi connectivity index (χ4n) is 2.77. The number of carbonyl (C=O) groups excluding carboxylic acids is 2. The number of hydrogen-bond acceptors (Lipinski definition) is 3. The van der Waals surface area contributed by atoms with Gasteiger partial charge in [-0.3, -0.25) is 9.59 Å². The van der Waals surface area contributed by atoms with Gasteiger partial charge in [0.25, 0.3) is 0 Å². The van der Waals surface area contributed by atoms with E-state index in [1.807, 2.05) is 0 Å². The highest BCUT2D eigenvalue weighted by Gasteiger charge is 2.33. The van der Waals surface area contributed by atoms with E-state index in [0.29, 0.717) is 13.0 Å². The van der Waals surface area contributed by atoms with Crippen LogP contribution >= 0.6 is 0 Å². The molecular formula is C17H21FN2O4. The van der Waals surface area contributed by atoms with E-state index in [4.69, 9.17) is 5.11 Å². The number of aromatic carboxylic acids is 1. The Morgan fingerprint density at radius 2 is 2.00 bits per heavy atom. The molecule has 2 N–H and O–H groups in total. The smallest absolute Gasteiger partial charge is 0.335 e. The normalized spacial score (nSPS) is 17.7. The zero-order valence-electron chi connectivity index (χ0n) is 13.7. The first kappa shape index (κ1) is 17.9. The van der Waals surface area contributed by atoms with Crippen LogP contribution in [0.2, 0.25) is 0 Å². The lowest BCUT2D eigenvalue weighted by molar-refractivity contribution is -0.142. The van der Waals surface area contributed by atoms with Gasteiger partial charge >= 0.3 is 5.97 Å². The standard InChI is InChI=1S/C17H21FN2O4/c1-10(2)16(22)20-8-4-3-5-14(20)15(21)19-13-7-6-11(17(23)24)9-12(13)18/h6-7,9-10,14H,3-5,8H2,1-2H3,(H,19,21)(H,23,24). The summed E-state index contributed by atoms with van der Waals surface area (Å²) in [5.74, 6) is -2.83. The van der Waals surface area contributed by atoms with Crippen LogP contribution in [0.1, 0.15) is 43.5 Å². The molecule has 0 saturated carbocycles. The fourth-order valence-corrected chi connectivity index (χ4v) is 2.77. The number of nitrogens with zero attached hydrogens (tertiary/aromatic N) is 1. The van der Waals surface area contributed by atoms with Gasteiger partial charge in [-0.05, 0) is 37.5 Å². The molecule has 1 aromatic carbocycles. The number of halogens is 1. The van der Waals surface area contributed by atoms with Crippen molar-refractivity contribution in [3.8, 4) is 0 Å². The van der Waals surface area contributed by atoms with Crippen molar-refractivity contribution in [1.29, 1.82) is 0 Å². The number of nitrogens with one attached hydrogen (secondary N) is 1. The van der Waals surface area contributed by atoms with E-state index in [9.17, 15) is 18.8 Å². The van der Waals surface area contributed by atoms with Gasteiger partial charge in [0.15, 0.2) is 0 Å². The lowest BCUT2D eigenvalue weighted by atomic mass is 9.99. The molecule has 1 aromatic rings. The van der Waals surface area contributed by atoms with E-state index in [2.05, 4.69) is 5.32 Å². The molecule has 1 aliphatic heterocycles. The maximum atomic E-state index is 14.0. The number of carboxylic acid groups (broad SMARTS) is 1. The number of carboxylic acids is 1. The number of amides is 2. The van der Waals surface area contributed by atoms with E-state index in [1.165, 1.54) is 12.1 Å². The number of carbonyl (C=O) groups is 3. The summed E-state index contributed by atoms with van der Waals surface area (Å²) in [7, 11) is 0. The summed E-state index contributed by atoms with van der Waals surface area (Å²) >= 11 is 0. The van der Waals surface area contributed by atoms with Crippen LogP contribution in [-0.4, -0.2) is 40.4 Å². The Balaban J connectivity index is 2.15. The van der Waals surface area contributed by atoms with E-state index >= 15 is 0 Å². The van der Waals surface area contributed by atoms with Gasteiger partial charge in [0, 0.05) is 12.5 Å². The van der Waals surface area contributed by atoms with Crippen LogP contribution < -0.4 is 5.32 Å². The van der Waals surface area contributed by atoms with Gasteiger partial charge in [0.2, 0.25) is 11.8 Å². The van der Waals surface area contributed by atoms with Gasteiger partial charge < -0.3 is 15.3 Å². The predicted molar refractivity (Wildman–Crippen MR) is 86.2 cm³/mol. The number of hydrogen-bond donors (Lipinski definition) is 2. The van der Waals surface area contributed by atoms with Crippen molar-refractivity contribution >= 4 is 23.5 Å². The van der Waals surface area contributed by atoms with Gasteiger partial charge in [-0.15, -0.1) is 0 Å². The zero-order valence-corrected chi connectivity index (χ0v) is 13.7. The summed E-state index contributed by atoms with van der Waals surface area (Å²) in [6, 6.07) is 2.66. The van der Waals surface area contributed by atoms with Gasteiger partial charge in [0.05, 0.1) is 11.3 Å². The number of likely N-dealkylation sites (tertiary alicyclic amines) is 1. The van der Waals surface area contributed by atoms with Crippen molar-refractivity contribution in [2.75, 3.05) is 11.9 Å². The maximum absolute atomic E-state index is 14.0. The number of anilines is 1. The molecule has 24 heavy (non-hydrogen) atoms. The highest BCUT2D eigenvalue weighted by Crippen LogP contribution is 2.22. The van der Waals surface area contributed by atoms with E-state index in [0.717, 1.165) is 18.9 Å². The molecule has 0 aromatic heterocycles. The van der Waals surface area contributed by atoms with E-state index in [-0.39, 0.29) is 23.1 Å². The Hall–Kier alpha value is -2.44. The van der Waals surface area contributed by atoms with Crippen LogP contribution in [0.3, 0.4) is 0 Å². The Morgan fingerprint density at radius 3 is 2.58 bits per heavy atom. The largest absolute Gasteiger partial charge is 0.478 e. The van der Waals surface area contributed by atoms with Crippen LogP contribution in [0.25, 0.3) is 0 Å². The lowest BCUT2D eigenvalue weighted by Gasteiger charge is -2.35. The van der Waals surface area contributed by atoms with Crippen LogP contribution in [0, 0.1) is 11.7 Å². The quantitative estimate of drug-likeness (QED) is 0.884. The van der Waals surface area contributed by atoms with Gasteiger partial charge in [-0.1, -0.05) is 13.8 Å². The molecule has 1 saturated heterocycles. The third-order valence-electron chi connectivity index (χ3n) is 4.06. The second kappa shape index (κ2) is 7.42. The summed E-state index contributed by atoms with van der Waals surface area (Å²) in [5, 5.41) is 11.3. The maximum Gasteiger partial charge on any atom is 0.335 e. The molecule has 0 bridgehead atoms. The average Bonchev–Trinajstić information content (AvgIpc) is 2.55. The second-order valence-electron chi connectivity index (χ2n) is 6.19. The van der Waals surface area contributed by atoms with Crippen molar-refractivity contribution in [3.05, 3.63) is 29.6 Å². The molecule has 6 nitrogen and oxygen atoms in total. The highest BCUT2D eigenvalue weighted by molar-refractivity contribution is 5.98. The van der Waals surface area contributed by atoms with Crippen LogP contribution in [0.15, 0.2) is 18.2 Å². The summed E-state index contributed by atoms with van der Waals surface area (Å²) in [6.07, 6.45) is 2.18. The molecule has 1 atom stereocenters. The van der Waals surface area contributed by atoms with Crippen molar-refractivity contribution in [2.45, 2.75) is 39.2 Å². The summed E-state index contributed by atoms with van der Waals surface area (Å²) in [4.78, 5) is 37.1. The SMILES string of the molecule is CC(C)C(=O)N1CCCCC1C(=O)Nc1ccc(C(=O)O)cc1F. The second-order valence-corrected chi connectivity index (χ2v) is 6.19. The van der Waals surface area contributed by atoms with Crippen LogP contribution in [0.5, 0.6) is 0 Å². The monoisotopic (exact) mass is 336 g/mol. The van der Waals surface area contributed by atoms with Crippen molar-refractivity contribution < 1.29 is 23.9 Å². The number of piperidine rings is 1. The summed E-state index contributed by atoms with van der Waals surface area (Å²) in [6.45, 7) is 4.06. The first-order valence-electron chi connectivity index (χ1n) is 7.95. The predicted octanol–water partition coefficient (Wildman–Crippen LogP) is 2.50. The van der Waals surface area contributed by atoms with Crippen LogP contribution in [-0.2, 0) is 9.59 Å². The molecule has 7 heteroatoms. The molecule has 1 unspecified atom stereocenters. The lowest BCUT2D eigenvalue weighted by Crippen LogP contribution is -2.51. The van der Waals surface area contributed by atoms with Crippen LogP contribution in [0.4, 0.5) is 10.1 Å². The summed E-state index contributed by atoms with van der Waals surface area (Å²) < 4.78 is 14.0. The molecule has 1 heterocycles. The Bertz CT molecular complexity index is 660. The first-order chi connectivity index (χ1) is 11.3. The Labute approximate surface area is 139 Å². The fraction of sp³-hybridized carbons (Fsp3) is 0.471. The van der Waals surface area contributed by atoms with Gasteiger partial charge in [0.1, 0.15) is 11.9 Å². The zero-order chi connectivity index (χ0) is 17.9. The molecule has 130 valence electrons. The third-order valence-corrected chi connectivity index (χ3v) is 4.06. The molecular weight excluding hydrogens is 315 g/mol. The molecule has 2 amide bonds. The van der Waals surface area contributed by atoms with E-state index < -0.39 is 23.7 Å². The average molecular weight is 336 g/mol. The third kappa shape index (κ3) is 3.90. The minimum absolute atomic E-state index is 0.0903. The topological polar surface area (TPSA) is 86.7 Å². The minimum atomic E-state index is -1.24. The number of rotatable bonds is 4. The van der Waals surface area contributed by atoms with Crippen molar-refractivity contribution in [3.63, 3.8) is 0 Å². The van der Waals surface area contributed by atoms with Gasteiger partial charge in [-0.25, -0.2) is 9.18 Å². The minimum Gasteiger partial charge on any atom is -0.478 e. The Kier molecular flexibility index (Phi) is 5.54. The van der Waals surface area contributed by atoms with Crippen molar-refractivity contribution in [1.82, 2.24) is 4.90 Å². The summed E-state index contributed by atoms with van der Waals surface area (Å²) in [5.41, 5.74) is -0.285. The highest BCUT2D eigenvalue weighted by atomic mass is 19.1. The number of benzene rings is 1. The van der Waals surface area contributed by atoms with Crippen molar-refractivity contribution in [2.24, 2.45) is 5.92 Å². The molecule has 0 radical (unpaired) electrons.